The van der Waals surface area contributed by atoms with Crippen molar-refractivity contribution in [3.63, 3.8) is 0 Å². The van der Waals surface area contributed by atoms with E-state index in [4.69, 9.17) is 9.47 Å². The van der Waals surface area contributed by atoms with Crippen molar-refractivity contribution in [2.75, 3.05) is 0 Å². The quantitative estimate of drug-likeness (QED) is 0.450. The number of hydrogen-bond acceptors (Lipinski definition) is 4. The van der Waals surface area contributed by atoms with Crippen molar-refractivity contribution in [1.29, 1.82) is 0 Å². The second-order valence-electron chi connectivity index (χ2n) is 14.4. The molecule has 184 valence electrons. The highest BCUT2D eigenvalue weighted by Crippen LogP contribution is 2.85. The van der Waals surface area contributed by atoms with Crippen molar-refractivity contribution in [2.45, 2.75) is 110 Å². The minimum atomic E-state index is -1.00. The molecule has 2 aliphatic heterocycles. The van der Waals surface area contributed by atoms with Gasteiger partial charge in [0.15, 0.2) is 11.6 Å². The number of carbonyl (C=O) groups is 2. The van der Waals surface area contributed by atoms with E-state index in [1.165, 1.54) is 12.0 Å². The maximum atomic E-state index is 14.8. The molecule has 0 amide bonds. The van der Waals surface area contributed by atoms with Gasteiger partial charge in [0.25, 0.3) is 0 Å². The fourth-order valence-corrected chi connectivity index (χ4v) is 11.1. The third kappa shape index (κ3) is 1.87. The Morgan fingerprint density at radius 3 is 2.47 bits per heavy atom. The van der Waals surface area contributed by atoms with Gasteiger partial charge in [-0.15, -0.1) is 0 Å². The summed E-state index contributed by atoms with van der Waals surface area (Å²) in [7, 11) is 0. The zero-order valence-corrected chi connectivity index (χ0v) is 22.0. The summed E-state index contributed by atoms with van der Waals surface area (Å²) in [6.45, 7) is 15.5. The van der Waals surface area contributed by atoms with Crippen LogP contribution < -0.4 is 0 Å². The Kier molecular flexibility index (Phi) is 3.70. The van der Waals surface area contributed by atoms with Gasteiger partial charge in [-0.25, -0.2) is 0 Å². The highest BCUT2D eigenvalue weighted by Gasteiger charge is 2.91. The lowest BCUT2D eigenvalue weighted by molar-refractivity contribution is -0.207. The number of Topliss-reactive ketones (excluding diaryl/α,β-unsaturated/α-hetero) is 1. The summed E-state index contributed by atoms with van der Waals surface area (Å²) < 4.78 is 14.6. The lowest BCUT2D eigenvalue weighted by atomic mass is 9.41. The Morgan fingerprint density at radius 2 is 1.76 bits per heavy atom. The van der Waals surface area contributed by atoms with Gasteiger partial charge in [-0.1, -0.05) is 39.7 Å². The van der Waals surface area contributed by atoms with Gasteiger partial charge in [0.1, 0.15) is 22.4 Å². The molecule has 0 aromatic carbocycles. The third-order valence-corrected chi connectivity index (χ3v) is 12.1. The highest BCUT2D eigenvalue weighted by molar-refractivity contribution is 6.21. The smallest absolute Gasteiger partial charge is 0.177 e. The van der Waals surface area contributed by atoms with Crippen molar-refractivity contribution in [3.05, 3.63) is 23.0 Å². The molecule has 3 spiro atoms. The molecule has 2 heterocycles. The van der Waals surface area contributed by atoms with E-state index in [1.807, 2.05) is 6.08 Å². The van der Waals surface area contributed by atoms with Crippen LogP contribution in [0.15, 0.2) is 23.0 Å². The number of ketones is 2. The molecule has 4 nitrogen and oxygen atoms in total. The lowest BCUT2D eigenvalue weighted by Gasteiger charge is -2.59. The Morgan fingerprint density at radius 1 is 1.03 bits per heavy atom. The van der Waals surface area contributed by atoms with E-state index in [9.17, 15) is 9.59 Å². The lowest BCUT2D eigenvalue weighted by Crippen LogP contribution is -2.68. The maximum absolute atomic E-state index is 14.8. The molecule has 7 atom stereocenters. The molecule has 5 fully saturated rings. The van der Waals surface area contributed by atoms with Crippen molar-refractivity contribution < 1.29 is 19.1 Å². The summed E-state index contributed by atoms with van der Waals surface area (Å²) in [5.41, 5.74) is -0.831. The first-order valence-corrected chi connectivity index (χ1v) is 13.7. The molecule has 0 N–H and O–H groups in total. The van der Waals surface area contributed by atoms with Crippen molar-refractivity contribution in [2.24, 2.45) is 39.9 Å². The van der Waals surface area contributed by atoms with Crippen LogP contribution in [0.5, 0.6) is 0 Å². The second kappa shape index (κ2) is 5.76. The molecule has 0 aromatic heterocycles. The van der Waals surface area contributed by atoms with Crippen LogP contribution in [0.3, 0.4) is 0 Å². The van der Waals surface area contributed by atoms with E-state index < -0.39 is 22.0 Å². The molecule has 0 radical (unpaired) electrons. The van der Waals surface area contributed by atoms with Gasteiger partial charge < -0.3 is 9.47 Å². The summed E-state index contributed by atoms with van der Waals surface area (Å²) in [5.74, 6) is 1.67. The van der Waals surface area contributed by atoms with Crippen LogP contribution in [-0.4, -0.2) is 28.4 Å². The predicted molar refractivity (Wildman–Crippen MR) is 129 cm³/mol. The monoisotopic (exact) mass is 464 g/mol. The van der Waals surface area contributed by atoms with E-state index in [2.05, 4.69) is 48.5 Å². The Labute approximate surface area is 203 Å². The molecule has 7 aliphatic rings. The van der Waals surface area contributed by atoms with E-state index in [-0.39, 0.29) is 40.3 Å². The van der Waals surface area contributed by atoms with Crippen LogP contribution in [0.1, 0.15) is 93.4 Å². The topological polar surface area (TPSA) is 52.6 Å². The van der Waals surface area contributed by atoms with Gasteiger partial charge in [0.05, 0.1) is 5.60 Å². The second-order valence-corrected chi connectivity index (χ2v) is 14.4. The molecular formula is C30H40O4. The molecule has 3 saturated carbocycles. The highest BCUT2D eigenvalue weighted by atomic mass is 16.6. The number of rotatable bonds is 1. The van der Waals surface area contributed by atoms with Gasteiger partial charge in [-0.3, -0.25) is 9.59 Å². The Hall–Kier alpha value is -1.42. The number of allylic oxidation sites excluding steroid dienone is 3. The standard InChI is InChI=1S/C30H40O4/c1-16(2)22-23(32)28-12-9-19-25(4,5)10-8-11-27(19)15-29(28)18(17(3)13-21(28)31)14-20-26(6,7)33-24(22)30(20,29)34-27/h13,16,18-20H,8-12,14-15H2,1-7H3/t18-,19-,20+,27-,28-,29+,30-/m1/s1. The molecule has 0 unspecified atom stereocenters. The molecule has 2 saturated heterocycles. The summed E-state index contributed by atoms with van der Waals surface area (Å²) >= 11 is 0. The average Bonchev–Trinajstić information content (AvgIpc) is 3.18. The van der Waals surface area contributed by atoms with Crippen LogP contribution in [-0.2, 0) is 19.1 Å². The minimum absolute atomic E-state index is 0.00155. The fraction of sp³-hybridized carbons (Fsp3) is 0.800. The van der Waals surface area contributed by atoms with Gasteiger partial charge in [-0.05, 0) is 88.5 Å². The normalized spacial score (nSPS) is 51.2. The minimum Gasteiger partial charge on any atom is -0.488 e. The van der Waals surface area contributed by atoms with Gasteiger partial charge in [-0.2, -0.15) is 0 Å². The average molecular weight is 465 g/mol. The molecule has 5 aliphatic carbocycles. The van der Waals surface area contributed by atoms with Crippen LogP contribution in [0.4, 0.5) is 0 Å². The van der Waals surface area contributed by atoms with E-state index in [1.54, 1.807) is 0 Å². The number of hydrogen-bond donors (Lipinski definition) is 0. The maximum Gasteiger partial charge on any atom is 0.177 e. The fourth-order valence-electron chi connectivity index (χ4n) is 11.1. The van der Waals surface area contributed by atoms with Crippen LogP contribution >= 0.6 is 0 Å². The Balaban J connectivity index is 1.64. The summed E-state index contributed by atoms with van der Waals surface area (Å²) in [6.07, 6.45) is 8.59. The molecule has 34 heavy (non-hydrogen) atoms. The Bertz CT molecular complexity index is 1120. The zero-order chi connectivity index (χ0) is 24.3. The SMILES string of the molecule is CC1=CC(=O)[C@@]23CC[C@@H]4C(C)(C)CCC[C@@]45C[C@]24[C@@H]1C[C@H]1C(C)(C)OC(=C(C(C)C)C3=O)[C@]14O5. The number of carbonyl (C=O) groups excluding carboxylic acids is 2. The van der Waals surface area contributed by atoms with E-state index >= 15 is 0 Å². The van der Waals surface area contributed by atoms with E-state index in [0.29, 0.717) is 12.3 Å². The molecule has 2 bridgehead atoms. The van der Waals surface area contributed by atoms with Gasteiger partial charge in [0.2, 0.25) is 0 Å². The summed E-state index contributed by atoms with van der Waals surface area (Å²) in [5, 5.41) is 0. The predicted octanol–water partition coefficient (Wildman–Crippen LogP) is 5.94. The van der Waals surface area contributed by atoms with Crippen molar-refractivity contribution in [3.8, 4) is 0 Å². The summed E-state index contributed by atoms with van der Waals surface area (Å²) in [4.78, 5) is 29.2. The van der Waals surface area contributed by atoms with Crippen LogP contribution in [0.25, 0.3) is 0 Å². The third-order valence-electron chi connectivity index (χ3n) is 12.1. The van der Waals surface area contributed by atoms with Crippen LogP contribution in [0.2, 0.25) is 0 Å². The molecule has 4 heteroatoms. The molecule has 7 rings (SSSR count). The molecular weight excluding hydrogens is 424 g/mol. The number of ether oxygens (including phenoxy) is 2. The van der Waals surface area contributed by atoms with Gasteiger partial charge in [0, 0.05) is 16.9 Å². The van der Waals surface area contributed by atoms with E-state index in [0.717, 1.165) is 43.4 Å². The summed E-state index contributed by atoms with van der Waals surface area (Å²) in [6, 6.07) is 0. The molecule has 0 aromatic rings. The first kappa shape index (κ1) is 21.8. The van der Waals surface area contributed by atoms with Crippen molar-refractivity contribution in [1.82, 2.24) is 0 Å². The zero-order valence-electron chi connectivity index (χ0n) is 22.0. The first-order chi connectivity index (χ1) is 15.8. The van der Waals surface area contributed by atoms with Crippen molar-refractivity contribution >= 4 is 11.6 Å². The largest absolute Gasteiger partial charge is 0.488 e. The van der Waals surface area contributed by atoms with Crippen LogP contribution in [0, 0.1) is 39.9 Å². The van der Waals surface area contributed by atoms with Gasteiger partial charge >= 0.3 is 0 Å². The first-order valence-electron chi connectivity index (χ1n) is 13.7.